The maximum atomic E-state index is 12.7. The van der Waals surface area contributed by atoms with Crippen LogP contribution in [0.3, 0.4) is 0 Å². The molecule has 0 fully saturated rings. The molecule has 41 heavy (non-hydrogen) atoms. The van der Waals surface area contributed by atoms with Gasteiger partial charge in [0, 0.05) is 6.07 Å². The van der Waals surface area contributed by atoms with Gasteiger partial charge in [0.1, 0.15) is 23.9 Å². The molecule has 0 N–H and O–H groups in total. The molecule has 0 aromatic heterocycles. The minimum Gasteiger partial charge on any atom is -0.485 e. The van der Waals surface area contributed by atoms with Gasteiger partial charge in [-0.15, -0.1) is 13.2 Å². The average molecular weight is 575 g/mol. The molecule has 3 aromatic rings. The minimum absolute atomic E-state index is 0.0303. The summed E-state index contributed by atoms with van der Waals surface area (Å²) in [5.41, 5.74) is 2.19. The van der Waals surface area contributed by atoms with E-state index < -0.39 is 18.4 Å². The molecule has 0 radical (unpaired) electrons. The van der Waals surface area contributed by atoms with Gasteiger partial charge in [-0.2, -0.15) is 0 Å². The molecular formula is C32H37F3O6. The summed E-state index contributed by atoms with van der Waals surface area (Å²) < 4.78 is 64.7. The number of ether oxygens (including phenoxy) is 5. The number of hydrogen-bond acceptors (Lipinski definition) is 6. The number of halogens is 3. The standard InChI is InChI=1S/C32H37F3O6/c1-6-8-9-28(30(36)37-7-2)40-29-20-26(39-24-14-16-25(17-15-24)41-32(33,34)35)18-19-27(29)38-21-22-10-12-23(13-11-22)31(3,4)5/h10-20,28H,6-9,21H2,1-5H3. The van der Waals surface area contributed by atoms with Gasteiger partial charge in [0.25, 0.3) is 0 Å². The van der Waals surface area contributed by atoms with Crippen molar-refractivity contribution in [3.05, 3.63) is 77.9 Å². The third-order valence-electron chi connectivity index (χ3n) is 6.06. The molecule has 0 aliphatic rings. The molecule has 6 nitrogen and oxygen atoms in total. The van der Waals surface area contributed by atoms with E-state index in [9.17, 15) is 18.0 Å². The lowest BCUT2D eigenvalue weighted by molar-refractivity contribution is -0.274. The molecular weight excluding hydrogens is 537 g/mol. The third-order valence-corrected chi connectivity index (χ3v) is 6.06. The normalized spacial score (nSPS) is 12.4. The quantitative estimate of drug-likeness (QED) is 0.190. The number of unbranched alkanes of at least 4 members (excludes halogenated alkanes) is 1. The third kappa shape index (κ3) is 10.2. The minimum atomic E-state index is -4.79. The van der Waals surface area contributed by atoms with E-state index >= 15 is 0 Å². The molecule has 0 saturated heterocycles. The van der Waals surface area contributed by atoms with Gasteiger partial charge in [-0.05, 0) is 72.7 Å². The highest BCUT2D eigenvalue weighted by molar-refractivity contribution is 5.75. The second-order valence-electron chi connectivity index (χ2n) is 10.5. The van der Waals surface area contributed by atoms with Gasteiger partial charge in [-0.3, -0.25) is 0 Å². The Morgan fingerprint density at radius 2 is 1.46 bits per heavy atom. The molecule has 0 aliphatic heterocycles. The van der Waals surface area contributed by atoms with E-state index in [0.717, 1.165) is 30.5 Å². The molecule has 9 heteroatoms. The SMILES string of the molecule is CCCCC(Oc1cc(Oc2ccc(OC(F)(F)F)cc2)ccc1OCc1ccc(C(C)(C)C)cc1)C(=O)OCC. The summed E-state index contributed by atoms with van der Waals surface area (Å²) in [6.07, 6.45) is -3.56. The van der Waals surface area contributed by atoms with Crippen LogP contribution in [-0.4, -0.2) is 25.0 Å². The highest BCUT2D eigenvalue weighted by Gasteiger charge is 2.31. The van der Waals surface area contributed by atoms with Crippen molar-refractivity contribution < 1.29 is 41.7 Å². The first-order valence-electron chi connectivity index (χ1n) is 13.6. The van der Waals surface area contributed by atoms with Crippen molar-refractivity contribution >= 4 is 5.97 Å². The van der Waals surface area contributed by atoms with Gasteiger partial charge in [0.15, 0.2) is 17.6 Å². The Bertz CT molecular complexity index is 1250. The van der Waals surface area contributed by atoms with Crippen LogP contribution < -0.4 is 18.9 Å². The second-order valence-corrected chi connectivity index (χ2v) is 10.5. The maximum absolute atomic E-state index is 12.7. The largest absolute Gasteiger partial charge is 0.573 e. The van der Waals surface area contributed by atoms with Crippen LogP contribution in [0.2, 0.25) is 0 Å². The number of benzene rings is 3. The number of esters is 1. The monoisotopic (exact) mass is 574 g/mol. The van der Waals surface area contributed by atoms with Gasteiger partial charge in [0.05, 0.1) is 6.61 Å². The molecule has 0 bridgehead atoms. The van der Waals surface area contributed by atoms with E-state index in [-0.39, 0.29) is 35.9 Å². The van der Waals surface area contributed by atoms with Crippen LogP contribution >= 0.6 is 0 Å². The number of carbonyl (C=O) groups excluding carboxylic acids is 1. The summed E-state index contributed by atoms with van der Waals surface area (Å²) in [7, 11) is 0. The summed E-state index contributed by atoms with van der Waals surface area (Å²) >= 11 is 0. The highest BCUT2D eigenvalue weighted by atomic mass is 19.4. The van der Waals surface area contributed by atoms with Crippen LogP contribution in [0, 0.1) is 0 Å². The Kier molecular flexibility index (Phi) is 10.9. The number of carbonyl (C=O) groups is 1. The number of rotatable bonds is 13. The second kappa shape index (κ2) is 14.1. The van der Waals surface area contributed by atoms with Crippen LogP contribution in [0.1, 0.15) is 65.0 Å². The van der Waals surface area contributed by atoms with Crippen LogP contribution in [0.15, 0.2) is 66.7 Å². The lowest BCUT2D eigenvalue weighted by atomic mass is 9.87. The topological polar surface area (TPSA) is 63.2 Å². The molecule has 3 aromatic carbocycles. The molecule has 0 aliphatic carbocycles. The van der Waals surface area contributed by atoms with E-state index in [1.54, 1.807) is 25.1 Å². The summed E-state index contributed by atoms with van der Waals surface area (Å²) in [6, 6.07) is 18.1. The van der Waals surface area contributed by atoms with Crippen molar-refractivity contribution in [2.75, 3.05) is 6.61 Å². The fourth-order valence-electron chi connectivity index (χ4n) is 3.87. The Hall–Kier alpha value is -3.88. The number of hydrogen-bond donors (Lipinski definition) is 0. The average Bonchev–Trinajstić information content (AvgIpc) is 2.90. The number of alkyl halides is 3. The van der Waals surface area contributed by atoms with Crippen LogP contribution in [0.4, 0.5) is 13.2 Å². The molecule has 1 unspecified atom stereocenters. The zero-order valence-electron chi connectivity index (χ0n) is 24.0. The van der Waals surface area contributed by atoms with Gasteiger partial charge in [-0.1, -0.05) is 58.4 Å². The summed E-state index contributed by atoms with van der Waals surface area (Å²) in [6.45, 7) is 10.7. The summed E-state index contributed by atoms with van der Waals surface area (Å²) in [5, 5.41) is 0. The zero-order chi connectivity index (χ0) is 30.0. The first-order valence-corrected chi connectivity index (χ1v) is 13.6. The molecule has 0 heterocycles. The predicted octanol–water partition coefficient (Wildman–Crippen LogP) is 8.75. The zero-order valence-corrected chi connectivity index (χ0v) is 24.0. The smallest absolute Gasteiger partial charge is 0.485 e. The van der Waals surface area contributed by atoms with Crippen molar-refractivity contribution in [1.29, 1.82) is 0 Å². The lowest BCUT2D eigenvalue weighted by Gasteiger charge is -2.21. The fraction of sp³-hybridized carbons (Fsp3) is 0.406. The van der Waals surface area contributed by atoms with Gasteiger partial charge in [-0.25, -0.2) is 4.79 Å². The first kappa shape index (κ1) is 31.6. The summed E-state index contributed by atoms with van der Waals surface area (Å²) in [4.78, 5) is 12.7. The van der Waals surface area contributed by atoms with Gasteiger partial charge in [0.2, 0.25) is 0 Å². The van der Waals surface area contributed by atoms with E-state index in [2.05, 4.69) is 37.6 Å². The summed E-state index contributed by atoms with van der Waals surface area (Å²) in [5.74, 6) is 0.463. The van der Waals surface area contributed by atoms with Gasteiger partial charge >= 0.3 is 12.3 Å². The van der Waals surface area contributed by atoms with Crippen molar-refractivity contribution in [2.45, 2.75) is 78.4 Å². The Morgan fingerprint density at radius 3 is 2.05 bits per heavy atom. The van der Waals surface area contributed by atoms with Crippen molar-refractivity contribution in [2.24, 2.45) is 0 Å². The van der Waals surface area contributed by atoms with Crippen LogP contribution in [0.25, 0.3) is 0 Å². The van der Waals surface area contributed by atoms with Crippen molar-refractivity contribution in [3.8, 4) is 28.7 Å². The molecule has 0 spiro atoms. The molecule has 0 amide bonds. The maximum Gasteiger partial charge on any atom is 0.573 e. The van der Waals surface area contributed by atoms with Crippen molar-refractivity contribution in [1.82, 2.24) is 0 Å². The first-order chi connectivity index (χ1) is 19.4. The van der Waals surface area contributed by atoms with E-state index in [1.165, 1.54) is 17.7 Å². The Morgan fingerprint density at radius 1 is 0.829 bits per heavy atom. The van der Waals surface area contributed by atoms with Crippen LogP contribution in [-0.2, 0) is 21.6 Å². The highest BCUT2D eigenvalue weighted by Crippen LogP contribution is 2.36. The van der Waals surface area contributed by atoms with Gasteiger partial charge < -0.3 is 23.7 Å². The molecule has 1 atom stereocenters. The van der Waals surface area contributed by atoms with Crippen molar-refractivity contribution in [3.63, 3.8) is 0 Å². The molecule has 222 valence electrons. The van der Waals surface area contributed by atoms with E-state index in [0.29, 0.717) is 17.9 Å². The van der Waals surface area contributed by atoms with E-state index in [4.69, 9.17) is 18.9 Å². The molecule has 0 saturated carbocycles. The molecule has 3 rings (SSSR count). The Labute approximate surface area is 239 Å². The Balaban J connectivity index is 1.84. The lowest BCUT2D eigenvalue weighted by Crippen LogP contribution is -2.29. The van der Waals surface area contributed by atoms with Crippen LogP contribution in [0.5, 0.6) is 28.7 Å². The predicted molar refractivity (Wildman–Crippen MR) is 150 cm³/mol. The fourth-order valence-corrected chi connectivity index (χ4v) is 3.87. The van der Waals surface area contributed by atoms with E-state index in [1.807, 2.05) is 19.1 Å².